The predicted molar refractivity (Wildman–Crippen MR) is 108 cm³/mol. The van der Waals surface area contributed by atoms with E-state index < -0.39 is 11.9 Å². The minimum atomic E-state index is -1.10. The Labute approximate surface area is 169 Å². The molecule has 0 spiro atoms. The first-order chi connectivity index (χ1) is 13.9. The van der Waals surface area contributed by atoms with E-state index in [0.717, 1.165) is 11.8 Å². The van der Waals surface area contributed by atoms with E-state index in [4.69, 9.17) is 9.84 Å². The number of thioether (sulfide) groups is 1. The number of carbonyl (C=O) groups is 3. The Hall–Kier alpha value is -3.59. The number of hydrogen-bond donors (Lipinski definition) is 3. The normalized spacial score (nSPS) is 16.1. The first-order valence-electron chi connectivity index (χ1n) is 8.49. The summed E-state index contributed by atoms with van der Waals surface area (Å²) in [6.45, 7) is 0.0460. The lowest BCUT2D eigenvalue weighted by molar-refractivity contribution is -0.137. The van der Waals surface area contributed by atoms with Crippen molar-refractivity contribution in [2.24, 2.45) is 4.99 Å². The van der Waals surface area contributed by atoms with Gasteiger partial charge >= 0.3 is 11.9 Å². The fraction of sp³-hybridized carbons (Fsp3) is 0.100. The zero-order valence-electron chi connectivity index (χ0n) is 15.0. The predicted octanol–water partition coefficient (Wildman–Crippen LogP) is 3.13. The summed E-state index contributed by atoms with van der Waals surface area (Å²) in [6, 6.07) is 13.2. The van der Waals surface area contributed by atoms with Gasteiger partial charge in [0.25, 0.3) is 5.91 Å². The van der Waals surface area contributed by atoms with Crippen LogP contribution in [0.1, 0.15) is 22.3 Å². The topological polar surface area (TPSA) is 125 Å². The molecule has 2 aromatic rings. The highest BCUT2D eigenvalue weighted by molar-refractivity contribution is 8.18. The molecule has 1 fully saturated rings. The Balaban J connectivity index is 1.76. The van der Waals surface area contributed by atoms with Crippen molar-refractivity contribution < 1.29 is 29.3 Å². The highest BCUT2D eigenvalue weighted by Crippen LogP contribution is 2.29. The van der Waals surface area contributed by atoms with Crippen LogP contribution in [0.25, 0.3) is 6.08 Å². The van der Waals surface area contributed by atoms with Crippen molar-refractivity contribution >= 4 is 46.5 Å². The van der Waals surface area contributed by atoms with Crippen LogP contribution >= 0.6 is 11.8 Å². The molecule has 1 saturated heterocycles. The van der Waals surface area contributed by atoms with Gasteiger partial charge in [-0.3, -0.25) is 9.59 Å². The number of carboxylic acids is 2. The zero-order valence-corrected chi connectivity index (χ0v) is 15.8. The highest BCUT2D eigenvalue weighted by atomic mass is 32.2. The van der Waals surface area contributed by atoms with Crippen LogP contribution in [0.15, 0.2) is 58.4 Å². The number of amides is 1. The lowest BCUT2D eigenvalue weighted by atomic mass is 10.2. The Morgan fingerprint density at radius 1 is 1.14 bits per heavy atom. The molecule has 2 aromatic carbocycles. The number of carboxylic acid groups (broad SMARTS) is 2. The van der Waals surface area contributed by atoms with Crippen molar-refractivity contribution in [3.63, 3.8) is 0 Å². The SMILES string of the molecule is O=C(O)CCOc1cccc(/C=C2\SC(=Nc3ccccc3C(=O)O)NC2=O)c1. The summed E-state index contributed by atoms with van der Waals surface area (Å²) in [6.07, 6.45) is 1.54. The van der Waals surface area contributed by atoms with Gasteiger partial charge in [0.15, 0.2) is 5.17 Å². The molecule has 8 nitrogen and oxygen atoms in total. The van der Waals surface area contributed by atoms with E-state index >= 15 is 0 Å². The van der Waals surface area contributed by atoms with Crippen LogP contribution in [0.3, 0.4) is 0 Å². The van der Waals surface area contributed by atoms with Crippen LogP contribution in [0.4, 0.5) is 5.69 Å². The Kier molecular flexibility index (Phi) is 6.30. The van der Waals surface area contributed by atoms with Gasteiger partial charge in [-0.15, -0.1) is 0 Å². The Morgan fingerprint density at radius 2 is 1.93 bits per heavy atom. The second-order valence-corrected chi connectivity index (χ2v) is 6.90. The molecular weight excluding hydrogens is 396 g/mol. The molecule has 1 amide bonds. The van der Waals surface area contributed by atoms with E-state index in [-0.39, 0.29) is 35.4 Å². The van der Waals surface area contributed by atoms with Crippen molar-refractivity contribution in [1.29, 1.82) is 0 Å². The number of nitrogens with zero attached hydrogens (tertiary/aromatic N) is 1. The Morgan fingerprint density at radius 3 is 2.69 bits per heavy atom. The molecule has 1 aliphatic rings. The van der Waals surface area contributed by atoms with E-state index in [1.54, 1.807) is 48.5 Å². The van der Waals surface area contributed by atoms with E-state index in [2.05, 4.69) is 10.3 Å². The van der Waals surface area contributed by atoms with Gasteiger partial charge in [-0.1, -0.05) is 24.3 Å². The number of aliphatic imine (C=N–C) groups is 1. The molecule has 0 bridgehead atoms. The van der Waals surface area contributed by atoms with Gasteiger partial charge < -0.3 is 20.3 Å². The number of nitrogens with one attached hydrogen (secondary N) is 1. The van der Waals surface area contributed by atoms with Gasteiger partial charge in [0, 0.05) is 0 Å². The van der Waals surface area contributed by atoms with Crippen molar-refractivity contribution in [3.8, 4) is 5.75 Å². The molecule has 0 aliphatic carbocycles. The summed E-state index contributed by atoms with van der Waals surface area (Å²) in [4.78, 5) is 38.7. The molecule has 0 aromatic heterocycles. The van der Waals surface area contributed by atoms with E-state index in [0.29, 0.717) is 16.2 Å². The molecule has 1 heterocycles. The largest absolute Gasteiger partial charge is 0.493 e. The second-order valence-electron chi connectivity index (χ2n) is 5.87. The molecule has 1 aliphatic heterocycles. The lowest BCUT2D eigenvalue weighted by Gasteiger charge is -2.05. The quantitative estimate of drug-likeness (QED) is 0.597. The third-order valence-electron chi connectivity index (χ3n) is 3.75. The van der Waals surface area contributed by atoms with Gasteiger partial charge in [0.1, 0.15) is 5.75 Å². The maximum absolute atomic E-state index is 12.2. The molecule has 0 atom stereocenters. The lowest BCUT2D eigenvalue weighted by Crippen LogP contribution is -2.19. The minimum Gasteiger partial charge on any atom is -0.493 e. The maximum Gasteiger partial charge on any atom is 0.337 e. The first-order valence-corrected chi connectivity index (χ1v) is 9.30. The number of ether oxygens (including phenoxy) is 1. The van der Waals surface area contributed by atoms with Gasteiger partial charge in [-0.25, -0.2) is 9.79 Å². The van der Waals surface area contributed by atoms with Gasteiger partial charge in [-0.05, 0) is 47.7 Å². The number of rotatable bonds is 7. The molecular formula is C20H16N2O6S. The zero-order chi connectivity index (χ0) is 20.8. The number of amidine groups is 1. The number of para-hydroxylation sites is 1. The fourth-order valence-electron chi connectivity index (χ4n) is 2.44. The summed E-state index contributed by atoms with van der Waals surface area (Å²) in [7, 11) is 0. The third kappa shape index (κ3) is 5.45. The summed E-state index contributed by atoms with van der Waals surface area (Å²) in [5.74, 6) is -1.90. The van der Waals surface area contributed by atoms with Crippen LogP contribution in [-0.4, -0.2) is 39.8 Å². The average molecular weight is 412 g/mol. The summed E-state index contributed by atoms with van der Waals surface area (Å²) in [5.41, 5.74) is 0.985. The summed E-state index contributed by atoms with van der Waals surface area (Å²) < 4.78 is 5.39. The van der Waals surface area contributed by atoms with Crippen LogP contribution in [0, 0.1) is 0 Å². The molecule has 9 heteroatoms. The monoisotopic (exact) mass is 412 g/mol. The molecule has 0 saturated carbocycles. The van der Waals surface area contributed by atoms with Gasteiger partial charge in [0.2, 0.25) is 0 Å². The van der Waals surface area contributed by atoms with E-state index in [1.165, 1.54) is 6.07 Å². The van der Waals surface area contributed by atoms with Crippen LogP contribution in [0.2, 0.25) is 0 Å². The maximum atomic E-state index is 12.2. The number of benzene rings is 2. The van der Waals surface area contributed by atoms with Gasteiger partial charge in [-0.2, -0.15) is 0 Å². The smallest absolute Gasteiger partial charge is 0.337 e. The number of aliphatic carboxylic acids is 1. The molecule has 3 rings (SSSR count). The van der Waals surface area contributed by atoms with Gasteiger partial charge in [0.05, 0.1) is 29.2 Å². The molecule has 148 valence electrons. The van der Waals surface area contributed by atoms with Crippen molar-refractivity contribution in [2.45, 2.75) is 6.42 Å². The third-order valence-corrected chi connectivity index (χ3v) is 4.66. The summed E-state index contributed by atoms with van der Waals surface area (Å²) >= 11 is 1.10. The fourth-order valence-corrected chi connectivity index (χ4v) is 3.28. The minimum absolute atomic E-state index is 0.0403. The highest BCUT2D eigenvalue weighted by Gasteiger charge is 2.24. The summed E-state index contributed by atoms with van der Waals surface area (Å²) in [5, 5.41) is 20.8. The van der Waals surface area contributed by atoms with Crippen LogP contribution in [0.5, 0.6) is 5.75 Å². The molecule has 0 unspecified atom stereocenters. The Bertz CT molecular complexity index is 1030. The van der Waals surface area contributed by atoms with Crippen LogP contribution in [-0.2, 0) is 9.59 Å². The molecule has 0 radical (unpaired) electrons. The standard InChI is InChI=1S/C20H16N2O6S/c23-17(24)8-9-28-13-5-3-4-12(10-13)11-16-18(25)22-20(29-16)21-15-7-2-1-6-14(15)19(26)27/h1-7,10-11H,8-9H2,(H,23,24)(H,26,27)(H,21,22,25)/b16-11-. The van der Waals surface area contributed by atoms with Crippen molar-refractivity contribution in [1.82, 2.24) is 5.32 Å². The number of carbonyl (C=O) groups excluding carboxylic acids is 1. The average Bonchev–Trinajstić information content (AvgIpc) is 3.01. The molecule has 3 N–H and O–H groups in total. The molecule has 29 heavy (non-hydrogen) atoms. The second kappa shape index (κ2) is 9.07. The first kappa shape index (κ1) is 20.2. The number of hydrogen-bond acceptors (Lipinski definition) is 6. The van der Waals surface area contributed by atoms with Crippen LogP contribution < -0.4 is 10.1 Å². The van der Waals surface area contributed by atoms with E-state index in [1.807, 2.05) is 0 Å². The number of aromatic carboxylic acids is 1. The van der Waals surface area contributed by atoms with Crippen molar-refractivity contribution in [2.75, 3.05) is 6.61 Å². The van der Waals surface area contributed by atoms with Crippen molar-refractivity contribution in [3.05, 3.63) is 64.6 Å². The van der Waals surface area contributed by atoms with E-state index in [9.17, 15) is 19.5 Å².